The number of rotatable bonds is 4. The summed E-state index contributed by atoms with van der Waals surface area (Å²) in [5, 5.41) is 0. The highest BCUT2D eigenvalue weighted by Crippen LogP contribution is 2.09. The molecule has 0 saturated heterocycles. The summed E-state index contributed by atoms with van der Waals surface area (Å²) in [5.41, 5.74) is 6.06. The van der Waals surface area contributed by atoms with Gasteiger partial charge in [0.15, 0.2) is 0 Å². The average Bonchev–Trinajstić information content (AvgIpc) is 2.93. The molecule has 4 rings (SSSR count). The summed E-state index contributed by atoms with van der Waals surface area (Å²) in [6.45, 7) is 11.4. The van der Waals surface area contributed by atoms with Crippen molar-refractivity contribution in [1.82, 2.24) is 24.8 Å². The lowest BCUT2D eigenvalue weighted by Crippen LogP contribution is -2.32. The maximum absolute atomic E-state index is 4.84. The largest absolute Gasteiger partial charge is 0.297 e. The van der Waals surface area contributed by atoms with Gasteiger partial charge >= 0.3 is 0 Å². The molecule has 3 aromatic rings. The van der Waals surface area contributed by atoms with Crippen molar-refractivity contribution in [3.8, 4) is 0 Å². The highest BCUT2D eigenvalue weighted by Gasteiger charge is 2.11. The lowest BCUT2D eigenvalue weighted by molar-refractivity contribution is 0.213. The van der Waals surface area contributed by atoms with Gasteiger partial charge in [0.2, 0.25) is 0 Å². The summed E-state index contributed by atoms with van der Waals surface area (Å²) < 4.78 is 0. The molecule has 194 valence electrons. The first-order valence-electron chi connectivity index (χ1n) is 13.4. The maximum Gasteiger partial charge on any atom is 0.0845 e. The predicted molar refractivity (Wildman–Crippen MR) is 151 cm³/mol. The van der Waals surface area contributed by atoms with Gasteiger partial charge in [0.1, 0.15) is 0 Å². The lowest BCUT2D eigenvalue weighted by atomic mass is 10.2. The first-order chi connectivity index (χ1) is 18.2. The molecule has 0 atom stereocenters. The van der Waals surface area contributed by atoms with E-state index in [2.05, 4.69) is 63.9 Å². The smallest absolute Gasteiger partial charge is 0.0845 e. The van der Waals surface area contributed by atoms with Crippen molar-refractivity contribution in [2.75, 3.05) is 39.3 Å². The molecule has 0 N–H and O–H groups in total. The van der Waals surface area contributed by atoms with E-state index in [0.717, 1.165) is 106 Å². The number of aromatic nitrogens is 3. The van der Waals surface area contributed by atoms with Crippen LogP contribution >= 0.6 is 0 Å². The minimum Gasteiger partial charge on any atom is -0.297 e. The van der Waals surface area contributed by atoms with Gasteiger partial charge in [-0.1, -0.05) is 18.2 Å². The quantitative estimate of drug-likeness (QED) is 0.524. The second kappa shape index (κ2) is 14.4. The molecular weight excluding hydrogens is 458 g/mol. The van der Waals surface area contributed by atoms with Crippen molar-refractivity contribution in [2.24, 2.45) is 9.98 Å². The summed E-state index contributed by atoms with van der Waals surface area (Å²) in [5.74, 6) is 0. The first kappa shape index (κ1) is 26.8. The molecule has 2 bridgehead atoms. The second-order valence-electron chi connectivity index (χ2n) is 9.60. The zero-order valence-corrected chi connectivity index (χ0v) is 22.3. The van der Waals surface area contributed by atoms with Crippen molar-refractivity contribution in [2.45, 2.75) is 46.2 Å². The fourth-order valence-corrected chi connectivity index (χ4v) is 4.58. The monoisotopic (exact) mass is 497 g/mol. The molecule has 1 aliphatic rings. The number of nitrogens with zero attached hydrogens (tertiary/aromatic N) is 7. The van der Waals surface area contributed by atoms with Crippen LogP contribution in [0.15, 0.2) is 77.0 Å². The fraction of sp³-hybridized carbons (Fsp3) is 0.433. The van der Waals surface area contributed by atoms with Crippen LogP contribution in [0.1, 0.15) is 55.9 Å². The highest BCUT2D eigenvalue weighted by molar-refractivity contribution is 6.00. The van der Waals surface area contributed by atoms with E-state index in [1.807, 2.05) is 36.7 Å². The van der Waals surface area contributed by atoms with Crippen molar-refractivity contribution in [3.63, 3.8) is 0 Å². The van der Waals surface area contributed by atoms with Gasteiger partial charge in [0.25, 0.3) is 0 Å². The van der Waals surface area contributed by atoms with E-state index in [-0.39, 0.29) is 0 Å². The van der Waals surface area contributed by atoms with Crippen molar-refractivity contribution in [3.05, 3.63) is 89.8 Å². The topological polar surface area (TPSA) is 69.9 Å². The number of hydrogen-bond acceptors (Lipinski definition) is 7. The molecule has 0 fully saturated rings. The Kier molecular flexibility index (Phi) is 10.5. The molecule has 0 saturated carbocycles. The Bertz CT molecular complexity index is 1060. The van der Waals surface area contributed by atoms with Gasteiger partial charge in [-0.2, -0.15) is 0 Å². The van der Waals surface area contributed by atoms with Gasteiger partial charge in [-0.05, 0) is 82.6 Å². The zero-order chi connectivity index (χ0) is 25.7. The minimum atomic E-state index is 0.787. The van der Waals surface area contributed by atoms with Crippen molar-refractivity contribution in [1.29, 1.82) is 0 Å². The molecule has 3 aromatic heterocycles. The first-order valence-corrected chi connectivity index (χ1v) is 13.4. The normalized spacial score (nSPS) is 17.4. The zero-order valence-electron chi connectivity index (χ0n) is 22.3. The Labute approximate surface area is 221 Å². The number of hydrogen-bond donors (Lipinski definition) is 0. The third-order valence-electron chi connectivity index (χ3n) is 6.63. The van der Waals surface area contributed by atoms with E-state index in [0.29, 0.717) is 0 Å². The number of pyridine rings is 3. The van der Waals surface area contributed by atoms with E-state index >= 15 is 0 Å². The van der Waals surface area contributed by atoms with Crippen LogP contribution in [0.2, 0.25) is 0 Å². The number of fused-ring (bicyclic) bond motifs is 2. The van der Waals surface area contributed by atoms with Gasteiger partial charge in [-0.3, -0.25) is 29.8 Å². The molecule has 0 unspecified atom stereocenters. The summed E-state index contributed by atoms with van der Waals surface area (Å²) in [6, 6.07) is 18.4. The van der Waals surface area contributed by atoms with Gasteiger partial charge in [-0.25, -0.2) is 4.98 Å². The lowest BCUT2D eigenvalue weighted by Gasteiger charge is -2.25. The molecule has 7 heteroatoms. The molecule has 4 heterocycles. The summed E-state index contributed by atoms with van der Waals surface area (Å²) in [4.78, 5) is 28.7. The molecule has 37 heavy (non-hydrogen) atoms. The van der Waals surface area contributed by atoms with Gasteiger partial charge in [-0.15, -0.1) is 0 Å². The molecule has 0 spiro atoms. The van der Waals surface area contributed by atoms with E-state index in [1.165, 1.54) is 0 Å². The highest BCUT2D eigenvalue weighted by atomic mass is 15.2. The third kappa shape index (κ3) is 8.95. The van der Waals surface area contributed by atoms with E-state index < -0.39 is 0 Å². The second-order valence-corrected chi connectivity index (χ2v) is 9.60. The standard InChI is InChI=1S/C30H39N7/c1-25-29-13-7-14-30(35-29)26(2)32-18-9-20-37(24-28-12-4-6-16-34-28)22-10-21-36(19-8-17-31-25)23-27-11-3-5-15-33-27/h3-7,11-16H,8-10,17-24H2,1-2H3. The van der Waals surface area contributed by atoms with Crippen LogP contribution in [0, 0.1) is 0 Å². The van der Waals surface area contributed by atoms with E-state index in [9.17, 15) is 0 Å². The minimum absolute atomic E-state index is 0.787. The summed E-state index contributed by atoms with van der Waals surface area (Å²) in [6.07, 6.45) is 6.86. The van der Waals surface area contributed by atoms with Crippen LogP contribution in [-0.4, -0.2) is 75.4 Å². The predicted octanol–water partition coefficient (Wildman–Crippen LogP) is 4.68. The molecule has 0 radical (unpaired) electrons. The molecule has 0 amide bonds. The van der Waals surface area contributed by atoms with Crippen LogP contribution in [-0.2, 0) is 13.1 Å². The Morgan fingerprint density at radius 1 is 0.595 bits per heavy atom. The van der Waals surface area contributed by atoms with Crippen LogP contribution in [0.5, 0.6) is 0 Å². The Morgan fingerprint density at radius 3 is 1.54 bits per heavy atom. The van der Waals surface area contributed by atoms with Crippen LogP contribution in [0.3, 0.4) is 0 Å². The Morgan fingerprint density at radius 2 is 1.08 bits per heavy atom. The summed E-state index contributed by atoms with van der Waals surface area (Å²) >= 11 is 0. The number of aliphatic imine (C=N–C) groups is 2. The Balaban J connectivity index is 1.50. The van der Waals surface area contributed by atoms with Crippen molar-refractivity contribution >= 4 is 11.4 Å². The molecular formula is C30H39N7. The fourth-order valence-electron chi connectivity index (χ4n) is 4.58. The van der Waals surface area contributed by atoms with Gasteiger partial charge in [0.05, 0.1) is 34.2 Å². The van der Waals surface area contributed by atoms with Crippen molar-refractivity contribution < 1.29 is 0 Å². The Hall–Kier alpha value is -3.29. The van der Waals surface area contributed by atoms with E-state index in [1.54, 1.807) is 0 Å². The van der Waals surface area contributed by atoms with Gasteiger partial charge < -0.3 is 0 Å². The maximum atomic E-state index is 4.84. The van der Waals surface area contributed by atoms with Crippen LogP contribution < -0.4 is 0 Å². The molecule has 1 aliphatic heterocycles. The molecule has 7 nitrogen and oxygen atoms in total. The summed E-state index contributed by atoms with van der Waals surface area (Å²) in [7, 11) is 0. The molecule has 0 aromatic carbocycles. The van der Waals surface area contributed by atoms with E-state index in [4.69, 9.17) is 15.0 Å². The average molecular weight is 498 g/mol. The molecule has 0 aliphatic carbocycles. The van der Waals surface area contributed by atoms with Gasteiger partial charge in [0, 0.05) is 51.7 Å². The third-order valence-corrected chi connectivity index (χ3v) is 6.63. The van der Waals surface area contributed by atoms with Crippen LogP contribution in [0.4, 0.5) is 0 Å². The SMILES string of the molecule is CC1=NCCCN(Cc2ccccn2)CCCN(Cc2ccccn2)CCCN=C(C)c2cccc1n2. The van der Waals surface area contributed by atoms with Crippen LogP contribution in [0.25, 0.3) is 0 Å².